The van der Waals surface area contributed by atoms with E-state index in [1.807, 2.05) is 24.3 Å². The van der Waals surface area contributed by atoms with Gasteiger partial charge in [0.2, 0.25) is 0 Å². The Morgan fingerprint density at radius 1 is 0.621 bits per heavy atom. The van der Waals surface area contributed by atoms with E-state index in [-0.39, 0.29) is 0 Å². The molecule has 4 aromatic rings. The average molecular weight is 391 g/mol. The number of rotatable bonds is 3. The second kappa shape index (κ2) is 6.92. The van der Waals surface area contributed by atoms with Gasteiger partial charge in [-0.15, -0.1) is 0 Å². The van der Waals surface area contributed by atoms with Crippen molar-refractivity contribution in [3.8, 4) is 33.4 Å². The zero-order valence-electron chi connectivity index (χ0n) is 16.0. The molecule has 0 aromatic heterocycles. The average Bonchev–Trinajstić information content (AvgIpc) is 3.06. The van der Waals surface area contributed by atoms with Gasteiger partial charge in [0, 0.05) is 5.02 Å². The first-order valence-corrected chi connectivity index (χ1v) is 10.00. The molecule has 0 N–H and O–H groups in total. The third-order valence-electron chi connectivity index (χ3n) is 5.65. The lowest BCUT2D eigenvalue weighted by Gasteiger charge is -2.13. The van der Waals surface area contributed by atoms with Crippen LogP contribution >= 0.6 is 11.6 Å². The Morgan fingerprint density at radius 2 is 1.31 bits per heavy atom. The van der Waals surface area contributed by atoms with Gasteiger partial charge in [0.25, 0.3) is 0 Å². The largest absolute Gasteiger partial charge is 0.0984 e. The van der Waals surface area contributed by atoms with Gasteiger partial charge in [-0.1, -0.05) is 104 Å². The van der Waals surface area contributed by atoms with E-state index in [2.05, 4.69) is 79.9 Å². The van der Waals surface area contributed by atoms with Gasteiger partial charge in [-0.25, -0.2) is 0 Å². The van der Waals surface area contributed by atoms with Crippen LogP contribution in [0.1, 0.15) is 16.7 Å². The van der Waals surface area contributed by atoms with Crippen molar-refractivity contribution in [3.63, 3.8) is 0 Å². The normalized spacial score (nSPS) is 11.8. The van der Waals surface area contributed by atoms with E-state index in [1.165, 1.54) is 27.8 Å². The molecule has 0 saturated carbocycles. The maximum Gasteiger partial charge on any atom is 0.0412 e. The smallest absolute Gasteiger partial charge is 0.0412 e. The predicted octanol–water partition coefficient (Wildman–Crippen LogP) is 8.36. The predicted molar refractivity (Wildman–Crippen MR) is 126 cm³/mol. The SMILES string of the molecule is C=Cc1c(-c2ccc(-c3cccc(Cl)c3)cc2)ccc2c1C(=C)c1ccccc1-2. The molecule has 1 heteroatoms. The molecule has 0 aliphatic heterocycles. The van der Waals surface area contributed by atoms with Crippen molar-refractivity contribution in [3.05, 3.63) is 120 Å². The molecule has 29 heavy (non-hydrogen) atoms. The fourth-order valence-electron chi connectivity index (χ4n) is 4.26. The van der Waals surface area contributed by atoms with Gasteiger partial charge in [-0.3, -0.25) is 0 Å². The van der Waals surface area contributed by atoms with Crippen molar-refractivity contribution in [2.75, 3.05) is 0 Å². The van der Waals surface area contributed by atoms with Crippen LogP contribution in [0.15, 0.2) is 98.1 Å². The summed E-state index contributed by atoms with van der Waals surface area (Å²) in [5.74, 6) is 0. The van der Waals surface area contributed by atoms with Gasteiger partial charge < -0.3 is 0 Å². The lowest BCUT2D eigenvalue weighted by molar-refractivity contribution is 1.56. The second-order valence-corrected chi connectivity index (χ2v) is 7.70. The van der Waals surface area contributed by atoms with Gasteiger partial charge >= 0.3 is 0 Å². The lowest BCUT2D eigenvalue weighted by Crippen LogP contribution is -1.91. The van der Waals surface area contributed by atoms with Crippen molar-refractivity contribution >= 4 is 23.3 Å². The Labute approximate surface area is 176 Å². The Bertz CT molecular complexity index is 1280. The highest BCUT2D eigenvalue weighted by Crippen LogP contribution is 2.47. The van der Waals surface area contributed by atoms with Gasteiger partial charge in [0.15, 0.2) is 0 Å². The van der Waals surface area contributed by atoms with E-state index < -0.39 is 0 Å². The first-order valence-electron chi connectivity index (χ1n) is 9.62. The van der Waals surface area contributed by atoms with Crippen LogP contribution in [0.2, 0.25) is 5.02 Å². The van der Waals surface area contributed by atoms with Crippen molar-refractivity contribution in [1.29, 1.82) is 0 Å². The Kier molecular flexibility index (Phi) is 4.23. The molecule has 0 nitrogen and oxygen atoms in total. The molecule has 1 aliphatic rings. The first kappa shape index (κ1) is 17.7. The lowest BCUT2D eigenvalue weighted by atomic mass is 9.90. The molecule has 0 heterocycles. The highest BCUT2D eigenvalue weighted by Gasteiger charge is 2.25. The molecule has 1 aliphatic carbocycles. The quantitative estimate of drug-likeness (QED) is 0.290. The molecule has 0 radical (unpaired) electrons. The van der Waals surface area contributed by atoms with E-state index in [0.29, 0.717) is 0 Å². The number of halogens is 1. The number of benzene rings is 4. The molecule has 5 rings (SSSR count). The summed E-state index contributed by atoms with van der Waals surface area (Å²) in [6.45, 7) is 8.49. The minimum Gasteiger partial charge on any atom is -0.0984 e. The summed E-state index contributed by atoms with van der Waals surface area (Å²) in [4.78, 5) is 0. The van der Waals surface area contributed by atoms with E-state index >= 15 is 0 Å². The van der Waals surface area contributed by atoms with Crippen molar-refractivity contribution in [2.45, 2.75) is 0 Å². The summed E-state index contributed by atoms with van der Waals surface area (Å²) in [5.41, 5.74) is 11.7. The number of hydrogen-bond acceptors (Lipinski definition) is 0. The van der Waals surface area contributed by atoms with Crippen LogP contribution in [0.4, 0.5) is 0 Å². The molecule has 0 bridgehead atoms. The second-order valence-electron chi connectivity index (χ2n) is 7.27. The molecule has 0 unspecified atom stereocenters. The minimum absolute atomic E-state index is 0.747. The molecule has 0 amide bonds. The van der Waals surface area contributed by atoms with Gasteiger partial charge in [-0.05, 0) is 67.8 Å². The van der Waals surface area contributed by atoms with E-state index in [4.69, 9.17) is 11.6 Å². The third kappa shape index (κ3) is 2.85. The number of fused-ring (bicyclic) bond motifs is 3. The molecule has 4 aromatic carbocycles. The highest BCUT2D eigenvalue weighted by molar-refractivity contribution is 6.30. The number of hydrogen-bond donors (Lipinski definition) is 0. The zero-order valence-corrected chi connectivity index (χ0v) is 16.7. The molecule has 0 fully saturated rings. The molecular formula is C28H19Cl. The van der Waals surface area contributed by atoms with Crippen LogP contribution in [0, 0.1) is 0 Å². The maximum atomic E-state index is 6.15. The molecular weight excluding hydrogens is 372 g/mol. The summed E-state index contributed by atoms with van der Waals surface area (Å²) >= 11 is 6.15. The van der Waals surface area contributed by atoms with Crippen LogP contribution in [0.3, 0.4) is 0 Å². The van der Waals surface area contributed by atoms with Crippen molar-refractivity contribution in [2.24, 2.45) is 0 Å². The van der Waals surface area contributed by atoms with Gasteiger partial charge in [-0.2, -0.15) is 0 Å². The van der Waals surface area contributed by atoms with E-state index in [1.54, 1.807) is 0 Å². The van der Waals surface area contributed by atoms with E-state index in [0.717, 1.165) is 32.8 Å². The van der Waals surface area contributed by atoms with Crippen LogP contribution in [0.25, 0.3) is 45.0 Å². The Hall–Kier alpha value is -3.35. The van der Waals surface area contributed by atoms with Crippen LogP contribution < -0.4 is 0 Å². The Balaban J connectivity index is 1.61. The first-order chi connectivity index (χ1) is 14.2. The summed E-state index contributed by atoms with van der Waals surface area (Å²) < 4.78 is 0. The fraction of sp³-hybridized carbons (Fsp3) is 0. The minimum atomic E-state index is 0.747. The van der Waals surface area contributed by atoms with Crippen LogP contribution in [-0.4, -0.2) is 0 Å². The van der Waals surface area contributed by atoms with Crippen LogP contribution in [-0.2, 0) is 0 Å². The summed E-state index contributed by atoms with van der Waals surface area (Å²) in [7, 11) is 0. The molecule has 138 valence electrons. The third-order valence-corrected chi connectivity index (χ3v) is 5.88. The van der Waals surface area contributed by atoms with Crippen molar-refractivity contribution in [1.82, 2.24) is 0 Å². The summed E-state index contributed by atoms with van der Waals surface area (Å²) in [5, 5.41) is 0.747. The molecule has 0 saturated heterocycles. The Morgan fingerprint density at radius 3 is 2.03 bits per heavy atom. The van der Waals surface area contributed by atoms with Gasteiger partial charge in [0.1, 0.15) is 0 Å². The standard InChI is InChI=1S/C28H19Cl/c1-3-23-25(15-16-27-26-10-5-4-9-24(26)18(2)28(23)27)20-13-11-19(12-14-20)21-7-6-8-22(29)17-21/h3-17H,1-2H2. The summed E-state index contributed by atoms with van der Waals surface area (Å²) in [6.07, 6.45) is 1.95. The fourth-order valence-corrected chi connectivity index (χ4v) is 4.45. The highest BCUT2D eigenvalue weighted by atomic mass is 35.5. The van der Waals surface area contributed by atoms with Crippen molar-refractivity contribution < 1.29 is 0 Å². The molecule has 0 spiro atoms. The maximum absolute atomic E-state index is 6.15. The summed E-state index contributed by atoms with van der Waals surface area (Å²) in [6, 6.07) is 29.4. The zero-order chi connectivity index (χ0) is 20.0. The monoisotopic (exact) mass is 390 g/mol. The van der Waals surface area contributed by atoms with Gasteiger partial charge in [0.05, 0.1) is 0 Å². The molecule has 0 atom stereocenters. The van der Waals surface area contributed by atoms with E-state index in [9.17, 15) is 0 Å². The van der Waals surface area contributed by atoms with Crippen LogP contribution in [0.5, 0.6) is 0 Å². The topological polar surface area (TPSA) is 0 Å².